The van der Waals surface area contributed by atoms with Gasteiger partial charge < -0.3 is 24.8 Å². The molecule has 2 N–H and O–H groups in total. The molecule has 6 heteroatoms. The van der Waals surface area contributed by atoms with Crippen LogP contribution in [0, 0.1) is 6.92 Å². The fourth-order valence-electron chi connectivity index (χ4n) is 2.97. The quantitative estimate of drug-likeness (QED) is 0.821. The van der Waals surface area contributed by atoms with Crippen LogP contribution in [0.2, 0.25) is 0 Å². The molecule has 0 aromatic heterocycles. The zero-order valence-corrected chi connectivity index (χ0v) is 15.3. The summed E-state index contributed by atoms with van der Waals surface area (Å²) in [5.74, 6) is -0.282. The molecule has 1 aliphatic rings. The molecule has 3 rings (SSSR count). The topological polar surface area (TPSA) is 71.0 Å². The van der Waals surface area contributed by atoms with Crippen LogP contribution in [0.5, 0.6) is 5.75 Å². The highest BCUT2D eigenvalue weighted by atomic mass is 16.7. The van der Waals surface area contributed by atoms with Crippen molar-refractivity contribution in [2.24, 2.45) is 0 Å². The van der Waals surface area contributed by atoms with E-state index in [4.69, 9.17) is 9.47 Å². The van der Waals surface area contributed by atoms with Crippen LogP contribution in [0.1, 0.15) is 34.2 Å². The average molecular weight is 356 g/mol. The monoisotopic (exact) mass is 356 g/mol. The van der Waals surface area contributed by atoms with Crippen molar-refractivity contribution in [3.05, 3.63) is 53.1 Å². The number of phenols is 1. The number of benzene rings is 2. The summed E-state index contributed by atoms with van der Waals surface area (Å²) in [4.78, 5) is 14.6. The first kappa shape index (κ1) is 18.2. The molecule has 6 nitrogen and oxygen atoms in total. The largest absolute Gasteiger partial charge is 0.506 e. The van der Waals surface area contributed by atoms with Gasteiger partial charge in [0, 0.05) is 30.9 Å². The number of hydrogen-bond acceptors (Lipinski definition) is 5. The van der Waals surface area contributed by atoms with Gasteiger partial charge in [-0.1, -0.05) is 6.07 Å². The van der Waals surface area contributed by atoms with Crippen LogP contribution in [-0.2, 0) is 9.47 Å². The summed E-state index contributed by atoms with van der Waals surface area (Å²) in [5.41, 5.74) is 3.68. The van der Waals surface area contributed by atoms with Gasteiger partial charge in [0.2, 0.25) is 0 Å². The molecule has 0 atom stereocenters. The molecule has 0 spiro atoms. The summed E-state index contributed by atoms with van der Waals surface area (Å²) < 4.78 is 11.2. The Balaban J connectivity index is 1.79. The van der Waals surface area contributed by atoms with Crippen LogP contribution in [0.3, 0.4) is 0 Å². The van der Waals surface area contributed by atoms with E-state index in [1.54, 1.807) is 18.2 Å². The second kappa shape index (κ2) is 7.76. The lowest BCUT2D eigenvalue weighted by molar-refractivity contribution is -0.183. The predicted octanol–water partition coefficient (Wildman–Crippen LogP) is 3.45. The molecule has 0 bridgehead atoms. The fraction of sp³-hybridized carbons (Fsp3) is 0.350. The molecule has 1 amide bonds. The molecule has 1 fully saturated rings. The van der Waals surface area contributed by atoms with E-state index in [0.717, 1.165) is 23.2 Å². The Bertz CT molecular complexity index is 798. The first-order chi connectivity index (χ1) is 12.5. The number of anilines is 2. The van der Waals surface area contributed by atoms with Gasteiger partial charge in [-0.25, -0.2) is 0 Å². The average Bonchev–Trinajstić information content (AvgIpc) is 2.63. The Hall–Kier alpha value is -2.57. The number of carbonyl (C=O) groups excluding carboxylic acids is 1. The number of amides is 1. The standard InChI is InChI=1S/C20H24N2O4/c1-13-11-14(5-7-17(13)22(2)3)19(24)21-16-12-15(6-8-18(16)23)20-25-9-4-10-26-20/h5-8,11-12,20,23H,4,9-10H2,1-3H3,(H,21,24). The maximum Gasteiger partial charge on any atom is 0.255 e. The van der Waals surface area contributed by atoms with Crippen LogP contribution >= 0.6 is 0 Å². The molecule has 0 unspecified atom stereocenters. The number of aromatic hydroxyl groups is 1. The highest BCUT2D eigenvalue weighted by Crippen LogP contribution is 2.31. The number of carbonyl (C=O) groups is 1. The van der Waals surface area contributed by atoms with E-state index in [2.05, 4.69) is 5.32 Å². The van der Waals surface area contributed by atoms with E-state index in [1.807, 2.05) is 38.1 Å². The lowest BCUT2D eigenvalue weighted by Crippen LogP contribution is -2.18. The molecule has 138 valence electrons. The number of phenolic OH excluding ortho intramolecular Hbond substituents is 1. The minimum absolute atomic E-state index is 0.000423. The molecule has 0 saturated carbocycles. The minimum Gasteiger partial charge on any atom is -0.506 e. The lowest BCUT2D eigenvalue weighted by atomic mass is 10.1. The van der Waals surface area contributed by atoms with E-state index < -0.39 is 6.29 Å². The summed E-state index contributed by atoms with van der Waals surface area (Å²) in [6, 6.07) is 10.5. The van der Waals surface area contributed by atoms with E-state index >= 15 is 0 Å². The molecule has 2 aromatic carbocycles. The Morgan fingerprint density at radius 3 is 2.54 bits per heavy atom. The fourth-order valence-corrected chi connectivity index (χ4v) is 2.97. The Morgan fingerprint density at radius 2 is 1.88 bits per heavy atom. The van der Waals surface area contributed by atoms with Crippen molar-refractivity contribution < 1.29 is 19.4 Å². The second-order valence-corrected chi connectivity index (χ2v) is 6.55. The van der Waals surface area contributed by atoms with E-state index in [1.165, 1.54) is 6.07 Å². The predicted molar refractivity (Wildman–Crippen MR) is 101 cm³/mol. The van der Waals surface area contributed by atoms with Crippen molar-refractivity contribution in [1.82, 2.24) is 0 Å². The van der Waals surface area contributed by atoms with Crippen LogP contribution in [0.4, 0.5) is 11.4 Å². The smallest absolute Gasteiger partial charge is 0.255 e. The van der Waals surface area contributed by atoms with Crippen molar-refractivity contribution in [2.75, 3.05) is 37.5 Å². The number of nitrogens with zero attached hydrogens (tertiary/aromatic N) is 1. The van der Waals surface area contributed by atoms with Gasteiger partial charge in [-0.15, -0.1) is 0 Å². The maximum absolute atomic E-state index is 12.6. The van der Waals surface area contributed by atoms with Crippen molar-refractivity contribution in [3.63, 3.8) is 0 Å². The van der Waals surface area contributed by atoms with Crippen LogP contribution in [0.25, 0.3) is 0 Å². The van der Waals surface area contributed by atoms with Crippen LogP contribution in [0.15, 0.2) is 36.4 Å². The normalized spacial score (nSPS) is 14.9. The molecule has 1 aliphatic heterocycles. The summed E-state index contributed by atoms with van der Waals surface area (Å²) in [5, 5.41) is 12.9. The summed E-state index contributed by atoms with van der Waals surface area (Å²) in [6.45, 7) is 3.22. The van der Waals surface area contributed by atoms with E-state index in [9.17, 15) is 9.90 Å². The third-order valence-electron chi connectivity index (χ3n) is 4.31. The maximum atomic E-state index is 12.6. The first-order valence-corrected chi connectivity index (χ1v) is 8.61. The van der Waals surface area contributed by atoms with Gasteiger partial charge in [0.15, 0.2) is 6.29 Å². The van der Waals surface area contributed by atoms with Gasteiger partial charge in [0.25, 0.3) is 5.91 Å². The van der Waals surface area contributed by atoms with Crippen LogP contribution in [-0.4, -0.2) is 38.3 Å². The molecule has 0 aliphatic carbocycles. The highest BCUT2D eigenvalue weighted by Gasteiger charge is 2.19. The Labute approximate surface area is 153 Å². The third-order valence-corrected chi connectivity index (χ3v) is 4.31. The van der Waals surface area contributed by atoms with E-state index in [0.29, 0.717) is 24.5 Å². The van der Waals surface area contributed by atoms with Gasteiger partial charge in [0.1, 0.15) is 5.75 Å². The lowest BCUT2D eigenvalue weighted by Gasteiger charge is -2.24. The van der Waals surface area contributed by atoms with Crippen molar-refractivity contribution in [2.45, 2.75) is 19.6 Å². The summed E-state index contributed by atoms with van der Waals surface area (Å²) in [6.07, 6.45) is 0.391. The molecule has 1 heterocycles. The van der Waals surface area contributed by atoms with Gasteiger partial charge in [-0.3, -0.25) is 4.79 Å². The van der Waals surface area contributed by atoms with Crippen molar-refractivity contribution >= 4 is 17.3 Å². The highest BCUT2D eigenvalue weighted by molar-refractivity contribution is 6.05. The molecular formula is C20H24N2O4. The molecule has 26 heavy (non-hydrogen) atoms. The minimum atomic E-state index is -0.471. The number of hydrogen-bond donors (Lipinski definition) is 2. The van der Waals surface area contributed by atoms with Gasteiger partial charge in [0.05, 0.1) is 18.9 Å². The van der Waals surface area contributed by atoms with Gasteiger partial charge in [-0.2, -0.15) is 0 Å². The summed E-state index contributed by atoms with van der Waals surface area (Å²) >= 11 is 0. The van der Waals surface area contributed by atoms with Gasteiger partial charge >= 0.3 is 0 Å². The molecular weight excluding hydrogens is 332 g/mol. The Kier molecular flexibility index (Phi) is 5.44. The van der Waals surface area contributed by atoms with Gasteiger partial charge in [-0.05, 0) is 49.2 Å². The summed E-state index contributed by atoms with van der Waals surface area (Å²) in [7, 11) is 3.92. The van der Waals surface area contributed by atoms with Crippen molar-refractivity contribution in [1.29, 1.82) is 0 Å². The number of ether oxygens (including phenoxy) is 2. The van der Waals surface area contributed by atoms with E-state index in [-0.39, 0.29) is 11.7 Å². The molecule has 1 saturated heterocycles. The molecule has 0 radical (unpaired) electrons. The van der Waals surface area contributed by atoms with Crippen molar-refractivity contribution in [3.8, 4) is 5.75 Å². The second-order valence-electron chi connectivity index (χ2n) is 6.55. The number of nitrogens with one attached hydrogen (secondary N) is 1. The zero-order chi connectivity index (χ0) is 18.7. The molecule has 2 aromatic rings. The first-order valence-electron chi connectivity index (χ1n) is 8.61. The Morgan fingerprint density at radius 1 is 1.15 bits per heavy atom. The number of aryl methyl sites for hydroxylation is 1. The SMILES string of the molecule is Cc1cc(C(=O)Nc2cc(C3OCCCO3)ccc2O)ccc1N(C)C. The third kappa shape index (κ3) is 3.98. The number of rotatable bonds is 4. The zero-order valence-electron chi connectivity index (χ0n) is 15.3. The van der Waals surface area contributed by atoms with Crippen LogP contribution < -0.4 is 10.2 Å².